The molecule has 3 aromatic carbocycles. The molecule has 0 radical (unpaired) electrons. The molecule has 0 atom stereocenters. The largest absolute Gasteiger partial charge is 0.491 e. The van der Waals surface area contributed by atoms with Gasteiger partial charge >= 0.3 is 0 Å². The van der Waals surface area contributed by atoms with Crippen LogP contribution in [-0.2, 0) is 14.8 Å². The maximum Gasteiger partial charge on any atom is 0.264 e. The molecule has 0 heterocycles. The molecular weight excluding hydrogens is 507 g/mol. The van der Waals surface area contributed by atoms with E-state index in [2.05, 4.69) is 19.2 Å². The van der Waals surface area contributed by atoms with Gasteiger partial charge in [0.25, 0.3) is 10.0 Å². The topological polar surface area (TPSA) is 75.7 Å². The Balaban J connectivity index is 1.74. The number of benzene rings is 3. The molecule has 0 unspecified atom stereocenters. The molecule has 186 valence electrons. The number of carbonyl (C=O) groups excluding carboxylic acids is 1. The van der Waals surface area contributed by atoms with Gasteiger partial charge in [0.05, 0.1) is 17.1 Å². The highest BCUT2D eigenvalue weighted by molar-refractivity contribution is 7.92. The molecule has 1 amide bonds. The number of nitrogens with one attached hydrogen (secondary N) is 1. The number of carbonyl (C=O) groups is 1. The summed E-state index contributed by atoms with van der Waals surface area (Å²) in [7, 11) is -4.06. The van der Waals surface area contributed by atoms with E-state index < -0.39 is 22.5 Å². The normalized spacial score (nSPS) is 11.4. The minimum absolute atomic E-state index is 0.0561. The van der Waals surface area contributed by atoms with Gasteiger partial charge in [-0.05, 0) is 54.8 Å². The van der Waals surface area contributed by atoms with Crippen molar-refractivity contribution in [3.63, 3.8) is 0 Å². The SMILES string of the molecule is Cc1ccc(S(=O)(=O)N(CC(=O)NCCOc2ccccc2C(C)C)c2cc(Cl)cc(Cl)c2)cc1. The molecule has 0 aliphatic carbocycles. The summed E-state index contributed by atoms with van der Waals surface area (Å²) >= 11 is 12.2. The molecule has 0 aliphatic heterocycles. The predicted molar refractivity (Wildman–Crippen MR) is 141 cm³/mol. The predicted octanol–water partition coefficient (Wildman–Crippen LogP) is 5.82. The number of sulfonamides is 1. The lowest BCUT2D eigenvalue weighted by Gasteiger charge is -2.24. The zero-order valence-corrected chi connectivity index (χ0v) is 22.1. The van der Waals surface area contributed by atoms with Gasteiger partial charge in [-0.2, -0.15) is 0 Å². The summed E-state index contributed by atoms with van der Waals surface area (Å²) in [4.78, 5) is 12.8. The fourth-order valence-corrected chi connectivity index (χ4v) is 5.38. The van der Waals surface area contributed by atoms with Crippen molar-refractivity contribution in [2.45, 2.75) is 31.6 Å². The molecule has 3 rings (SSSR count). The van der Waals surface area contributed by atoms with Crippen LogP contribution in [0.1, 0.15) is 30.9 Å². The number of hydrogen-bond donors (Lipinski definition) is 1. The fourth-order valence-electron chi connectivity index (χ4n) is 3.46. The van der Waals surface area contributed by atoms with Gasteiger partial charge in [-0.15, -0.1) is 0 Å². The van der Waals surface area contributed by atoms with E-state index in [0.29, 0.717) is 5.92 Å². The molecule has 6 nitrogen and oxygen atoms in total. The summed E-state index contributed by atoms with van der Waals surface area (Å²) in [6.07, 6.45) is 0. The smallest absolute Gasteiger partial charge is 0.264 e. The van der Waals surface area contributed by atoms with Crippen molar-refractivity contribution >= 4 is 44.8 Å². The van der Waals surface area contributed by atoms with Gasteiger partial charge in [-0.1, -0.05) is 72.9 Å². The maximum absolute atomic E-state index is 13.5. The molecule has 9 heteroatoms. The Kier molecular flexibility index (Phi) is 9.05. The molecule has 35 heavy (non-hydrogen) atoms. The molecule has 1 N–H and O–H groups in total. The van der Waals surface area contributed by atoms with Crippen LogP contribution >= 0.6 is 23.2 Å². The highest BCUT2D eigenvalue weighted by Crippen LogP contribution is 2.30. The summed E-state index contributed by atoms with van der Waals surface area (Å²) in [6.45, 7) is 6.02. The molecular formula is C26H28Cl2N2O4S. The second-order valence-electron chi connectivity index (χ2n) is 8.34. The van der Waals surface area contributed by atoms with Crippen molar-refractivity contribution in [3.05, 3.63) is 87.9 Å². The Morgan fingerprint density at radius 3 is 2.26 bits per heavy atom. The number of nitrogens with zero attached hydrogens (tertiary/aromatic N) is 1. The summed E-state index contributed by atoms with van der Waals surface area (Å²) < 4.78 is 33.7. The van der Waals surface area contributed by atoms with Crippen LogP contribution in [0.2, 0.25) is 10.0 Å². The summed E-state index contributed by atoms with van der Waals surface area (Å²) in [5.41, 5.74) is 2.19. The molecule has 0 spiro atoms. The number of amides is 1. The molecule has 0 saturated heterocycles. The van der Waals surface area contributed by atoms with E-state index >= 15 is 0 Å². The molecule has 0 bridgehead atoms. The average Bonchev–Trinajstić information content (AvgIpc) is 2.80. The maximum atomic E-state index is 13.5. The van der Waals surface area contributed by atoms with E-state index in [0.717, 1.165) is 21.2 Å². The third-order valence-corrected chi connectivity index (χ3v) is 7.48. The van der Waals surface area contributed by atoms with E-state index in [1.54, 1.807) is 12.1 Å². The van der Waals surface area contributed by atoms with Crippen molar-refractivity contribution in [3.8, 4) is 5.75 Å². The van der Waals surface area contributed by atoms with Crippen LogP contribution in [0.4, 0.5) is 5.69 Å². The monoisotopic (exact) mass is 534 g/mol. The average molecular weight is 535 g/mol. The molecule has 0 fully saturated rings. The van der Waals surface area contributed by atoms with Gasteiger partial charge < -0.3 is 10.1 Å². The second-order valence-corrected chi connectivity index (χ2v) is 11.1. The Hall–Kier alpha value is -2.74. The van der Waals surface area contributed by atoms with Crippen LogP contribution in [0.3, 0.4) is 0 Å². The first-order valence-electron chi connectivity index (χ1n) is 11.1. The highest BCUT2D eigenvalue weighted by Gasteiger charge is 2.27. The molecule has 0 aliphatic rings. The van der Waals surface area contributed by atoms with Gasteiger partial charge in [0.1, 0.15) is 18.9 Å². The molecule has 3 aromatic rings. The Morgan fingerprint density at radius 2 is 1.63 bits per heavy atom. The van der Waals surface area contributed by atoms with Crippen molar-refractivity contribution in [2.75, 3.05) is 24.0 Å². The van der Waals surface area contributed by atoms with E-state index in [4.69, 9.17) is 27.9 Å². The van der Waals surface area contributed by atoms with Gasteiger partial charge in [0.2, 0.25) is 5.91 Å². The Bertz CT molecular complexity index is 1260. The van der Waals surface area contributed by atoms with Crippen LogP contribution in [0.25, 0.3) is 0 Å². The Labute approximate surface area is 216 Å². The number of ether oxygens (including phenoxy) is 1. The lowest BCUT2D eigenvalue weighted by Crippen LogP contribution is -2.42. The number of halogens is 2. The van der Waals surface area contributed by atoms with E-state index in [9.17, 15) is 13.2 Å². The number of aryl methyl sites for hydroxylation is 1. The molecule has 0 saturated carbocycles. The standard InChI is InChI=1S/C26H28Cl2N2O4S/c1-18(2)24-6-4-5-7-25(24)34-13-12-29-26(31)17-30(22-15-20(27)14-21(28)16-22)35(32,33)23-10-8-19(3)9-11-23/h4-11,14-16,18H,12-13,17H2,1-3H3,(H,29,31). The lowest BCUT2D eigenvalue weighted by molar-refractivity contribution is -0.119. The van der Waals surface area contributed by atoms with Crippen molar-refractivity contribution < 1.29 is 17.9 Å². The number of para-hydroxylation sites is 1. The van der Waals surface area contributed by atoms with E-state index in [1.807, 2.05) is 31.2 Å². The van der Waals surface area contributed by atoms with Gasteiger partial charge in [0, 0.05) is 10.0 Å². The van der Waals surface area contributed by atoms with Gasteiger partial charge in [0.15, 0.2) is 0 Å². The zero-order chi connectivity index (χ0) is 25.6. The fraction of sp³-hybridized carbons (Fsp3) is 0.269. The van der Waals surface area contributed by atoms with Crippen LogP contribution in [0.5, 0.6) is 5.75 Å². The minimum Gasteiger partial charge on any atom is -0.491 e. The van der Waals surface area contributed by atoms with Crippen LogP contribution in [-0.4, -0.2) is 34.0 Å². The summed E-state index contributed by atoms with van der Waals surface area (Å²) in [6, 6.07) is 18.5. The lowest BCUT2D eigenvalue weighted by atomic mass is 10.0. The van der Waals surface area contributed by atoms with Crippen LogP contribution < -0.4 is 14.4 Å². The van der Waals surface area contributed by atoms with Crippen LogP contribution in [0, 0.1) is 6.92 Å². The van der Waals surface area contributed by atoms with Crippen molar-refractivity contribution in [1.29, 1.82) is 0 Å². The first-order valence-corrected chi connectivity index (χ1v) is 13.3. The number of hydrogen-bond acceptors (Lipinski definition) is 4. The number of anilines is 1. The van der Waals surface area contributed by atoms with E-state index in [-0.39, 0.29) is 33.8 Å². The van der Waals surface area contributed by atoms with Gasteiger partial charge in [-0.25, -0.2) is 8.42 Å². The van der Waals surface area contributed by atoms with Crippen molar-refractivity contribution in [1.82, 2.24) is 5.32 Å². The second kappa shape index (κ2) is 11.8. The third kappa shape index (κ3) is 7.13. The highest BCUT2D eigenvalue weighted by atomic mass is 35.5. The summed E-state index contributed by atoms with van der Waals surface area (Å²) in [5.74, 6) is 0.567. The first kappa shape index (κ1) is 26.9. The third-order valence-electron chi connectivity index (χ3n) is 5.25. The zero-order valence-electron chi connectivity index (χ0n) is 19.8. The number of rotatable bonds is 10. The summed E-state index contributed by atoms with van der Waals surface area (Å²) in [5, 5.41) is 3.24. The first-order chi connectivity index (χ1) is 16.6. The van der Waals surface area contributed by atoms with Crippen LogP contribution in [0.15, 0.2) is 71.6 Å². The quantitative estimate of drug-likeness (QED) is 0.332. The van der Waals surface area contributed by atoms with Crippen molar-refractivity contribution in [2.24, 2.45) is 0 Å². The molecule has 0 aromatic heterocycles. The van der Waals surface area contributed by atoms with Gasteiger partial charge in [-0.3, -0.25) is 9.10 Å². The minimum atomic E-state index is -4.06. The van der Waals surface area contributed by atoms with E-state index in [1.165, 1.54) is 30.3 Å². The Morgan fingerprint density at radius 1 is 1.00 bits per heavy atom.